The summed E-state index contributed by atoms with van der Waals surface area (Å²) in [6.07, 6.45) is 0. The van der Waals surface area contributed by atoms with Gasteiger partial charge in [0.15, 0.2) is 0 Å². The molecule has 33 heavy (non-hydrogen) atoms. The van der Waals surface area contributed by atoms with Gasteiger partial charge in [-0.15, -0.1) is 22.7 Å². The molecular formula is C30H19NS2. The monoisotopic (exact) mass is 457 g/mol. The molecule has 7 rings (SSSR count). The molecule has 0 unspecified atom stereocenters. The van der Waals surface area contributed by atoms with E-state index in [1.54, 1.807) is 0 Å². The molecule has 0 fully saturated rings. The molecule has 2 heterocycles. The summed E-state index contributed by atoms with van der Waals surface area (Å²) in [7, 11) is 0. The molecular weight excluding hydrogens is 438 g/mol. The van der Waals surface area contributed by atoms with Gasteiger partial charge in [-0.3, -0.25) is 0 Å². The SMILES string of the molecule is c1ccc(N(c2ccc3sc4ccccc4c3c2)c2ccc3sc4ccccc4c3c2)cc1. The predicted molar refractivity (Wildman–Crippen MR) is 147 cm³/mol. The highest BCUT2D eigenvalue weighted by molar-refractivity contribution is 7.26. The van der Waals surface area contributed by atoms with Gasteiger partial charge in [0.25, 0.3) is 0 Å². The van der Waals surface area contributed by atoms with Crippen molar-refractivity contribution >= 4 is 80.1 Å². The highest BCUT2D eigenvalue weighted by Gasteiger charge is 2.16. The molecule has 0 atom stereocenters. The second-order valence-electron chi connectivity index (χ2n) is 8.23. The Hall–Kier alpha value is -3.66. The first kappa shape index (κ1) is 18.9. The number of benzene rings is 5. The number of hydrogen-bond donors (Lipinski definition) is 0. The van der Waals surface area contributed by atoms with E-state index in [0.717, 1.165) is 5.69 Å². The van der Waals surface area contributed by atoms with Crippen molar-refractivity contribution in [3.63, 3.8) is 0 Å². The summed E-state index contributed by atoms with van der Waals surface area (Å²) in [6.45, 7) is 0. The second-order valence-corrected chi connectivity index (χ2v) is 10.4. The van der Waals surface area contributed by atoms with Gasteiger partial charge < -0.3 is 4.90 Å². The molecule has 3 heteroatoms. The van der Waals surface area contributed by atoms with E-state index in [0.29, 0.717) is 0 Å². The Morgan fingerprint density at radius 3 is 1.36 bits per heavy atom. The van der Waals surface area contributed by atoms with Gasteiger partial charge in [-0.05, 0) is 60.7 Å². The van der Waals surface area contributed by atoms with Gasteiger partial charge >= 0.3 is 0 Å². The quantitative estimate of drug-likeness (QED) is 0.255. The van der Waals surface area contributed by atoms with Gasteiger partial charge in [0.2, 0.25) is 0 Å². The minimum Gasteiger partial charge on any atom is -0.310 e. The van der Waals surface area contributed by atoms with E-state index in [1.165, 1.54) is 51.7 Å². The van der Waals surface area contributed by atoms with E-state index in [-0.39, 0.29) is 0 Å². The molecule has 0 saturated carbocycles. The third kappa shape index (κ3) is 3.05. The standard InChI is InChI=1S/C30H19NS2/c1-2-8-20(9-3-1)31(21-14-16-29-25(18-21)23-10-4-6-12-27(23)32-29)22-15-17-30-26(19-22)24-11-5-7-13-28(24)33-30/h1-19H. The van der Waals surface area contributed by atoms with Crippen molar-refractivity contribution in [1.82, 2.24) is 0 Å². The van der Waals surface area contributed by atoms with E-state index < -0.39 is 0 Å². The van der Waals surface area contributed by atoms with Crippen molar-refractivity contribution < 1.29 is 0 Å². The molecule has 5 aromatic carbocycles. The van der Waals surface area contributed by atoms with Crippen LogP contribution in [0.2, 0.25) is 0 Å². The van der Waals surface area contributed by atoms with Gasteiger partial charge in [-0.25, -0.2) is 0 Å². The maximum absolute atomic E-state index is 2.37. The van der Waals surface area contributed by atoms with Crippen LogP contribution in [0.4, 0.5) is 17.1 Å². The summed E-state index contributed by atoms with van der Waals surface area (Å²) >= 11 is 3.72. The van der Waals surface area contributed by atoms with Crippen molar-refractivity contribution in [3.8, 4) is 0 Å². The normalized spacial score (nSPS) is 11.6. The van der Waals surface area contributed by atoms with Crippen LogP contribution in [0.25, 0.3) is 40.3 Å². The van der Waals surface area contributed by atoms with Crippen LogP contribution in [0.15, 0.2) is 115 Å². The molecule has 0 saturated heterocycles. The third-order valence-electron chi connectivity index (χ3n) is 6.25. The minimum atomic E-state index is 1.16. The molecule has 0 amide bonds. The summed E-state index contributed by atoms with van der Waals surface area (Å²) in [6, 6.07) is 41.8. The molecule has 2 aromatic heterocycles. The topological polar surface area (TPSA) is 3.24 Å². The van der Waals surface area contributed by atoms with Crippen molar-refractivity contribution in [2.24, 2.45) is 0 Å². The molecule has 0 N–H and O–H groups in total. The smallest absolute Gasteiger partial charge is 0.0468 e. The van der Waals surface area contributed by atoms with Crippen LogP contribution >= 0.6 is 22.7 Å². The van der Waals surface area contributed by atoms with Crippen LogP contribution < -0.4 is 4.90 Å². The van der Waals surface area contributed by atoms with E-state index in [1.807, 2.05) is 22.7 Å². The Kier molecular flexibility index (Phi) is 4.26. The van der Waals surface area contributed by atoms with Gasteiger partial charge in [-0.2, -0.15) is 0 Å². The maximum Gasteiger partial charge on any atom is 0.0468 e. The van der Waals surface area contributed by atoms with Crippen molar-refractivity contribution in [2.75, 3.05) is 4.90 Å². The highest BCUT2D eigenvalue weighted by atomic mass is 32.1. The highest BCUT2D eigenvalue weighted by Crippen LogP contribution is 2.42. The van der Waals surface area contributed by atoms with Gasteiger partial charge in [0.05, 0.1) is 0 Å². The zero-order chi connectivity index (χ0) is 21.8. The first-order valence-electron chi connectivity index (χ1n) is 11.0. The maximum atomic E-state index is 2.37. The first-order valence-corrected chi connectivity index (χ1v) is 12.7. The fourth-order valence-corrected chi connectivity index (χ4v) is 6.90. The summed E-state index contributed by atoms with van der Waals surface area (Å²) in [4.78, 5) is 2.37. The van der Waals surface area contributed by atoms with Crippen LogP contribution in [0.5, 0.6) is 0 Å². The molecule has 0 bridgehead atoms. The van der Waals surface area contributed by atoms with E-state index in [9.17, 15) is 0 Å². The van der Waals surface area contributed by atoms with E-state index in [2.05, 4.69) is 120 Å². The average molecular weight is 458 g/mol. The number of hydrogen-bond acceptors (Lipinski definition) is 3. The molecule has 0 aliphatic rings. The summed E-state index contributed by atoms with van der Waals surface area (Å²) < 4.78 is 5.32. The lowest BCUT2D eigenvalue weighted by Crippen LogP contribution is -2.09. The summed E-state index contributed by atoms with van der Waals surface area (Å²) in [5.41, 5.74) is 3.52. The molecule has 1 nitrogen and oxygen atoms in total. The van der Waals surface area contributed by atoms with Gasteiger partial charge in [0, 0.05) is 57.4 Å². The van der Waals surface area contributed by atoms with Gasteiger partial charge in [-0.1, -0.05) is 54.6 Å². The lowest BCUT2D eigenvalue weighted by Gasteiger charge is -2.25. The fourth-order valence-electron chi connectivity index (χ4n) is 4.73. The van der Waals surface area contributed by atoms with Crippen LogP contribution in [0.1, 0.15) is 0 Å². The molecule has 7 aromatic rings. The predicted octanol–water partition coefficient (Wildman–Crippen LogP) is 9.89. The Morgan fingerprint density at radius 2 is 0.818 bits per heavy atom. The minimum absolute atomic E-state index is 1.16. The number of thiophene rings is 2. The van der Waals surface area contributed by atoms with Crippen molar-refractivity contribution in [1.29, 1.82) is 0 Å². The molecule has 156 valence electrons. The molecule has 0 radical (unpaired) electrons. The van der Waals surface area contributed by atoms with E-state index in [4.69, 9.17) is 0 Å². The number of nitrogens with zero attached hydrogens (tertiary/aromatic N) is 1. The van der Waals surface area contributed by atoms with Crippen LogP contribution in [0, 0.1) is 0 Å². The zero-order valence-corrected chi connectivity index (χ0v) is 19.4. The largest absolute Gasteiger partial charge is 0.310 e. The average Bonchev–Trinajstić information content (AvgIpc) is 3.43. The number of anilines is 3. The summed E-state index contributed by atoms with van der Waals surface area (Å²) in [5.74, 6) is 0. The number of fused-ring (bicyclic) bond motifs is 6. The fraction of sp³-hybridized carbons (Fsp3) is 0. The van der Waals surface area contributed by atoms with Crippen molar-refractivity contribution in [3.05, 3.63) is 115 Å². The Morgan fingerprint density at radius 1 is 0.364 bits per heavy atom. The number of para-hydroxylation sites is 1. The lowest BCUT2D eigenvalue weighted by molar-refractivity contribution is 1.30. The Balaban J connectivity index is 1.48. The zero-order valence-electron chi connectivity index (χ0n) is 17.7. The van der Waals surface area contributed by atoms with Crippen LogP contribution in [-0.4, -0.2) is 0 Å². The van der Waals surface area contributed by atoms with Crippen LogP contribution in [0.3, 0.4) is 0 Å². The summed E-state index contributed by atoms with van der Waals surface area (Å²) in [5, 5.41) is 5.28. The second kappa shape index (κ2) is 7.45. The Bertz CT molecular complexity index is 1660. The van der Waals surface area contributed by atoms with Gasteiger partial charge in [0.1, 0.15) is 0 Å². The number of rotatable bonds is 3. The molecule has 0 spiro atoms. The van der Waals surface area contributed by atoms with Crippen molar-refractivity contribution in [2.45, 2.75) is 0 Å². The molecule has 0 aliphatic heterocycles. The van der Waals surface area contributed by atoms with E-state index >= 15 is 0 Å². The molecule has 0 aliphatic carbocycles. The first-order chi connectivity index (χ1) is 16.3. The van der Waals surface area contributed by atoms with Crippen LogP contribution in [-0.2, 0) is 0 Å². The lowest BCUT2D eigenvalue weighted by atomic mass is 10.1. The third-order valence-corrected chi connectivity index (χ3v) is 8.56. The Labute approximate surface area is 199 Å².